The van der Waals surface area contributed by atoms with Crippen molar-refractivity contribution in [2.24, 2.45) is 0 Å². The third-order valence-corrected chi connectivity index (χ3v) is 3.78. The number of nitrogens with one attached hydrogen (secondary N) is 1. The van der Waals surface area contributed by atoms with Crippen molar-refractivity contribution in [3.05, 3.63) is 60.2 Å². The first-order chi connectivity index (χ1) is 10.6. The predicted molar refractivity (Wildman–Crippen MR) is 89.9 cm³/mol. The van der Waals surface area contributed by atoms with Crippen LogP contribution >= 0.6 is 12.2 Å². The number of rotatable bonds is 4. The van der Waals surface area contributed by atoms with E-state index >= 15 is 0 Å². The Balaban J connectivity index is 1.68. The Labute approximate surface area is 134 Å². The second-order valence-electron chi connectivity index (χ2n) is 5.11. The monoisotopic (exact) mass is 312 g/mol. The molecule has 1 aliphatic rings. The fourth-order valence-electron chi connectivity index (χ4n) is 2.28. The summed E-state index contributed by atoms with van der Waals surface area (Å²) in [7, 11) is 0. The molecule has 0 bridgehead atoms. The minimum absolute atomic E-state index is 0.0389. The number of hydrogen-bond donors (Lipinski definition) is 1. The molecule has 1 amide bonds. The first-order valence-electron chi connectivity index (χ1n) is 7.06. The highest BCUT2D eigenvalue weighted by atomic mass is 32.1. The number of ether oxygens (including phenoxy) is 1. The SMILES string of the molecule is C[C@@H]1NC(=S)N(c2ccc(OCc3ccccc3)cc2)C1=O. The quantitative estimate of drug-likeness (QED) is 0.882. The standard InChI is InChI=1S/C17H16N2O2S/c1-12-16(20)19(17(22)18-12)14-7-9-15(10-8-14)21-11-13-5-3-2-4-6-13/h2-10,12H,11H2,1H3,(H,18,22)/t12-/m0/s1. The van der Waals surface area contributed by atoms with Crippen molar-refractivity contribution in [3.63, 3.8) is 0 Å². The number of anilines is 1. The topological polar surface area (TPSA) is 41.6 Å². The summed E-state index contributed by atoms with van der Waals surface area (Å²) in [5.74, 6) is 0.717. The van der Waals surface area contributed by atoms with Gasteiger partial charge >= 0.3 is 0 Å². The zero-order valence-electron chi connectivity index (χ0n) is 12.2. The number of carbonyl (C=O) groups is 1. The summed E-state index contributed by atoms with van der Waals surface area (Å²) in [6.45, 7) is 2.31. The van der Waals surface area contributed by atoms with Gasteiger partial charge in [0.15, 0.2) is 5.11 Å². The molecular weight excluding hydrogens is 296 g/mol. The number of amides is 1. The summed E-state index contributed by atoms with van der Waals surface area (Å²) < 4.78 is 5.73. The minimum Gasteiger partial charge on any atom is -0.489 e. The molecule has 0 aliphatic carbocycles. The molecule has 0 radical (unpaired) electrons. The highest BCUT2D eigenvalue weighted by molar-refractivity contribution is 7.80. The summed E-state index contributed by atoms with van der Waals surface area (Å²) in [6, 6.07) is 17.1. The van der Waals surface area contributed by atoms with E-state index in [4.69, 9.17) is 17.0 Å². The van der Waals surface area contributed by atoms with Gasteiger partial charge in [0.2, 0.25) is 0 Å². The van der Waals surface area contributed by atoms with E-state index in [1.807, 2.05) is 54.6 Å². The Morgan fingerprint density at radius 1 is 1.14 bits per heavy atom. The molecule has 3 rings (SSSR count). The van der Waals surface area contributed by atoms with Crippen LogP contribution < -0.4 is 15.0 Å². The number of nitrogens with zero attached hydrogens (tertiary/aromatic N) is 1. The van der Waals surface area contributed by atoms with Crippen LogP contribution in [0.2, 0.25) is 0 Å². The smallest absolute Gasteiger partial charge is 0.255 e. The van der Waals surface area contributed by atoms with E-state index in [2.05, 4.69) is 5.32 Å². The summed E-state index contributed by atoms with van der Waals surface area (Å²) in [5, 5.41) is 3.39. The van der Waals surface area contributed by atoms with Gasteiger partial charge in [0, 0.05) is 0 Å². The van der Waals surface area contributed by atoms with Gasteiger partial charge in [-0.25, -0.2) is 0 Å². The van der Waals surface area contributed by atoms with Gasteiger partial charge in [-0.05, 0) is 49.0 Å². The molecule has 1 heterocycles. The third-order valence-electron chi connectivity index (χ3n) is 3.48. The molecule has 1 N–H and O–H groups in total. The second-order valence-corrected chi connectivity index (χ2v) is 5.50. The lowest BCUT2D eigenvalue weighted by molar-refractivity contribution is -0.117. The Morgan fingerprint density at radius 3 is 2.41 bits per heavy atom. The zero-order valence-corrected chi connectivity index (χ0v) is 13.0. The van der Waals surface area contributed by atoms with E-state index in [1.165, 1.54) is 4.90 Å². The Bertz CT molecular complexity index is 686. The van der Waals surface area contributed by atoms with Crippen molar-refractivity contribution >= 4 is 28.9 Å². The van der Waals surface area contributed by atoms with E-state index < -0.39 is 0 Å². The van der Waals surface area contributed by atoms with Gasteiger partial charge < -0.3 is 10.1 Å². The summed E-state index contributed by atoms with van der Waals surface area (Å²) in [4.78, 5) is 13.6. The number of thiocarbonyl (C=S) groups is 1. The largest absolute Gasteiger partial charge is 0.489 e. The Morgan fingerprint density at radius 2 is 1.82 bits per heavy atom. The van der Waals surface area contributed by atoms with E-state index in [9.17, 15) is 4.79 Å². The molecular formula is C17H16N2O2S. The molecule has 5 heteroatoms. The van der Waals surface area contributed by atoms with Crippen molar-refractivity contribution in [3.8, 4) is 5.75 Å². The van der Waals surface area contributed by atoms with Crippen LogP contribution in [0.1, 0.15) is 12.5 Å². The van der Waals surface area contributed by atoms with Gasteiger partial charge in [0.1, 0.15) is 18.4 Å². The fraction of sp³-hybridized carbons (Fsp3) is 0.176. The van der Waals surface area contributed by atoms with Crippen molar-refractivity contribution in [1.29, 1.82) is 0 Å². The van der Waals surface area contributed by atoms with Crippen LogP contribution in [0.4, 0.5) is 5.69 Å². The molecule has 1 atom stereocenters. The fourth-order valence-corrected chi connectivity index (χ4v) is 2.65. The first-order valence-corrected chi connectivity index (χ1v) is 7.47. The van der Waals surface area contributed by atoms with E-state index in [0.29, 0.717) is 11.7 Å². The van der Waals surface area contributed by atoms with E-state index in [-0.39, 0.29) is 11.9 Å². The molecule has 1 saturated heterocycles. The maximum atomic E-state index is 12.1. The molecule has 0 unspecified atom stereocenters. The van der Waals surface area contributed by atoms with Crippen LogP contribution in [0.25, 0.3) is 0 Å². The molecule has 4 nitrogen and oxygen atoms in total. The molecule has 112 valence electrons. The normalized spacial score (nSPS) is 17.5. The lowest BCUT2D eigenvalue weighted by atomic mass is 10.2. The van der Waals surface area contributed by atoms with Crippen molar-refractivity contribution < 1.29 is 9.53 Å². The Hall–Kier alpha value is -2.40. The molecule has 22 heavy (non-hydrogen) atoms. The average molecular weight is 312 g/mol. The molecule has 0 aromatic heterocycles. The van der Waals surface area contributed by atoms with Crippen molar-refractivity contribution in [1.82, 2.24) is 5.32 Å². The van der Waals surface area contributed by atoms with Crippen LogP contribution in [0.5, 0.6) is 5.75 Å². The van der Waals surface area contributed by atoms with Gasteiger partial charge in [-0.3, -0.25) is 9.69 Å². The Kier molecular flexibility index (Phi) is 4.06. The van der Waals surface area contributed by atoms with Crippen LogP contribution in [0, 0.1) is 0 Å². The van der Waals surface area contributed by atoms with Crippen molar-refractivity contribution in [2.45, 2.75) is 19.6 Å². The molecule has 2 aromatic carbocycles. The summed E-state index contributed by atoms with van der Waals surface area (Å²) >= 11 is 5.19. The van der Waals surface area contributed by atoms with Crippen LogP contribution in [0.15, 0.2) is 54.6 Å². The van der Waals surface area contributed by atoms with Gasteiger partial charge in [-0.15, -0.1) is 0 Å². The maximum absolute atomic E-state index is 12.1. The number of hydrogen-bond acceptors (Lipinski definition) is 3. The summed E-state index contributed by atoms with van der Waals surface area (Å²) in [5.41, 5.74) is 1.86. The van der Waals surface area contributed by atoms with Crippen LogP contribution in [-0.2, 0) is 11.4 Å². The molecule has 0 saturated carbocycles. The first kappa shape index (κ1) is 14.5. The maximum Gasteiger partial charge on any atom is 0.255 e. The minimum atomic E-state index is -0.276. The molecule has 1 fully saturated rings. The molecule has 1 aliphatic heterocycles. The van der Waals surface area contributed by atoms with Crippen LogP contribution in [0.3, 0.4) is 0 Å². The second kappa shape index (κ2) is 6.15. The van der Waals surface area contributed by atoms with E-state index in [1.54, 1.807) is 6.92 Å². The van der Waals surface area contributed by atoms with Crippen LogP contribution in [-0.4, -0.2) is 17.1 Å². The number of benzene rings is 2. The van der Waals surface area contributed by atoms with Crippen molar-refractivity contribution in [2.75, 3.05) is 4.90 Å². The predicted octanol–water partition coefficient (Wildman–Crippen LogP) is 2.88. The molecule has 2 aromatic rings. The average Bonchev–Trinajstić information content (AvgIpc) is 2.80. The third kappa shape index (κ3) is 2.94. The lowest BCUT2D eigenvalue weighted by Crippen LogP contribution is -2.30. The molecule has 0 spiro atoms. The highest BCUT2D eigenvalue weighted by Gasteiger charge is 2.33. The van der Waals surface area contributed by atoms with Gasteiger partial charge in [0.25, 0.3) is 5.91 Å². The lowest BCUT2D eigenvalue weighted by Gasteiger charge is -2.15. The number of carbonyl (C=O) groups excluding carboxylic acids is 1. The van der Waals surface area contributed by atoms with E-state index in [0.717, 1.165) is 17.0 Å². The van der Waals surface area contributed by atoms with Gasteiger partial charge in [-0.1, -0.05) is 30.3 Å². The van der Waals surface area contributed by atoms with Gasteiger partial charge in [-0.2, -0.15) is 0 Å². The zero-order chi connectivity index (χ0) is 15.5. The summed E-state index contributed by atoms with van der Waals surface area (Å²) in [6.07, 6.45) is 0. The highest BCUT2D eigenvalue weighted by Crippen LogP contribution is 2.23. The van der Waals surface area contributed by atoms with Gasteiger partial charge in [0.05, 0.1) is 5.69 Å².